The topological polar surface area (TPSA) is 128 Å². The molecule has 1 fully saturated rings. The van der Waals surface area contributed by atoms with Crippen molar-refractivity contribution >= 4 is 17.6 Å². The Balaban J connectivity index is 1.28. The van der Waals surface area contributed by atoms with Gasteiger partial charge in [0, 0.05) is 24.8 Å². The maximum absolute atomic E-state index is 12.5. The van der Waals surface area contributed by atoms with Crippen LogP contribution in [-0.4, -0.2) is 57.5 Å². The van der Waals surface area contributed by atoms with Gasteiger partial charge in [-0.25, -0.2) is 19.7 Å². The minimum Gasteiger partial charge on any atom is -0.444 e. The molecule has 0 radical (unpaired) electrons. The van der Waals surface area contributed by atoms with E-state index in [1.807, 2.05) is 12.1 Å². The Kier molecular flexibility index (Phi) is 6.11. The first-order valence-corrected chi connectivity index (χ1v) is 9.33. The molecule has 11 nitrogen and oxygen atoms in total. The number of halogens is 3. The molecule has 32 heavy (non-hydrogen) atoms. The second-order valence-electron chi connectivity index (χ2n) is 6.54. The lowest BCUT2D eigenvalue weighted by atomic mass is 10.3. The number of pyridine rings is 1. The fraction of sp³-hybridized carbons (Fsp3) is 0.333. The zero-order valence-corrected chi connectivity index (χ0v) is 16.4. The predicted molar refractivity (Wildman–Crippen MR) is 101 cm³/mol. The Morgan fingerprint density at radius 2 is 1.84 bits per heavy atom. The van der Waals surface area contributed by atoms with E-state index in [1.165, 1.54) is 12.4 Å². The summed E-state index contributed by atoms with van der Waals surface area (Å²) < 4.78 is 52.1. The van der Waals surface area contributed by atoms with Crippen LogP contribution in [-0.2, 0) is 22.3 Å². The number of amides is 1. The van der Waals surface area contributed by atoms with Gasteiger partial charge in [0.15, 0.2) is 0 Å². The van der Waals surface area contributed by atoms with E-state index in [4.69, 9.17) is 9.47 Å². The SMILES string of the molecule is O=C(Nc1cnc(-c2noc(C(F)(F)F)n2)nc1)OCc1ccc(N2CCOCC2)nc1. The third-order valence-corrected chi connectivity index (χ3v) is 4.28. The number of nitrogens with one attached hydrogen (secondary N) is 1. The zero-order valence-electron chi connectivity index (χ0n) is 16.4. The van der Waals surface area contributed by atoms with Crippen LogP contribution in [0.2, 0.25) is 0 Å². The number of hydrogen-bond acceptors (Lipinski definition) is 10. The number of alkyl halides is 3. The molecule has 0 aliphatic carbocycles. The third-order valence-electron chi connectivity index (χ3n) is 4.28. The molecular weight excluding hydrogens is 435 g/mol. The summed E-state index contributed by atoms with van der Waals surface area (Å²) in [5.74, 6) is -1.31. The lowest BCUT2D eigenvalue weighted by Gasteiger charge is -2.27. The van der Waals surface area contributed by atoms with E-state index in [1.54, 1.807) is 6.20 Å². The number of carbonyl (C=O) groups is 1. The summed E-state index contributed by atoms with van der Waals surface area (Å²) in [5, 5.41) is 5.59. The van der Waals surface area contributed by atoms with Gasteiger partial charge in [0.05, 0.1) is 31.3 Å². The van der Waals surface area contributed by atoms with Gasteiger partial charge in [0.25, 0.3) is 0 Å². The van der Waals surface area contributed by atoms with Crippen LogP contribution in [0.25, 0.3) is 11.6 Å². The molecule has 4 heterocycles. The predicted octanol–water partition coefficient (Wildman–Crippen LogP) is 2.53. The molecule has 3 aromatic heterocycles. The summed E-state index contributed by atoms with van der Waals surface area (Å²) in [6.07, 6.45) is -1.57. The van der Waals surface area contributed by atoms with Crippen LogP contribution in [0.3, 0.4) is 0 Å². The standard InChI is InChI=1S/C18H16F3N7O4/c19-18(20,21)16-26-15(27-32-16)14-23-8-12(9-24-14)25-17(29)31-10-11-1-2-13(22-7-11)28-3-5-30-6-4-28/h1-2,7-9H,3-6,10H2,(H,25,29). The lowest BCUT2D eigenvalue weighted by Crippen LogP contribution is -2.36. The molecular formula is C18H16F3N7O4. The molecule has 0 spiro atoms. The van der Waals surface area contributed by atoms with Gasteiger partial charge in [-0.1, -0.05) is 11.2 Å². The summed E-state index contributed by atoms with van der Waals surface area (Å²) in [5.41, 5.74) is 0.861. The van der Waals surface area contributed by atoms with Crippen molar-refractivity contribution in [3.8, 4) is 11.6 Å². The molecule has 1 aliphatic rings. The monoisotopic (exact) mass is 451 g/mol. The molecule has 0 atom stereocenters. The average Bonchev–Trinajstić information content (AvgIpc) is 3.30. The summed E-state index contributed by atoms with van der Waals surface area (Å²) in [6, 6.07) is 3.65. The van der Waals surface area contributed by atoms with Gasteiger partial charge in [-0.15, -0.1) is 0 Å². The van der Waals surface area contributed by atoms with Crippen LogP contribution in [0.4, 0.5) is 29.5 Å². The summed E-state index contributed by atoms with van der Waals surface area (Å²) in [4.78, 5) is 29.3. The first-order chi connectivity index (χ1) is 15.4. The molecule has 1 amide bonds. The molecule has 1 saturated heterocycles. The van der Waals surface area contributed by atoms with Gasteiger partial charge in [0.1, 0.15) is 12.4 Å². The lowest BCUT2D eigenvalue weighted by molar-refractivity contribution is -0.159. The highest BCUT2D eigenvalue weighted by molar-refractivity contribution is 5.84. The first-order valence-electron chi connectivity index (χ1n) is 9.33. The normalized spacial score (nSPS) is 14.3. The smallest absolute Gasteiger partial charge is 0.444 e. The maximum Gasteiger partial charge on any atom is 0.471 e. The van der Waals surface area contributed by atoms with E-state index in [-0.39, 0.29) is 18.1 Å². The van der Waals surface area contributed by atoms with Crippen LogP contribution < -0.4 is 10.2 Å². The Morgan fingerprint density at radius 3 is 2.47 bits per heavy atom. The number of carbonyl (C=O) groups excluding carboxylic acids is 1. The van der Waals surface area contributed by atoms with Crippen LogP contribution in [0.5, 0.6) is 0 Å². The van der Waals surface area contributed by atoms with Crippen LogP contribution in [0.1, 0.15) is 11.5 Å². The third kappa shape index (κ3) is 5.26. The van der Waals surface area contributed by atoms with Crippen LogP contribution in [0, 0.1) is 0 Å². The minimum atomic E-state index is -4.77. The Hall–Kier alpha value is -3.81. The van der Waals surface area contributed by atoms with Crippen molar-refractivity contribution in [2.45, 2.75) is 12.8 Å². The maximum atomic E-state index is 12.5. The number of rotatable bonds is 5. The van der Waals surface area contributed by atoms with Crippen LogP contribution in [0.15, 0.2) is 35.2 Å². The first kappa shape index (κ1) is 21.4. The molecule has 0 aromatic carbocycles. The van der Waals surface area contributed by atoms with E-state index < -0.39 is 24.0 Å². The fourth-order valence-electron chi connectivity index (χ4n) is 2.72. The average molecular weight is 451 g/mol. The van der Waals surface area contributed by atoms with Gasteiger partial charge in [0.2, 0.25) is 11.6 Å². The highest BCUT2D eigenvalue weighted by Gasteiger charge is 2.38. The number of nitrogens with zero attached hydrogens (tertiary/aromatic N) is 6. The van der Waals surface area contributed by atoms with E-state index in [0.29, 0.717) is 18.8 Å². The Morgan fingerprint density at radius 1 is 1.09 bits per heavy atom. The van der Waals surface area contributed by atoms with Crippen molar-refractivity contribution in [2.24, 2.45) is 0 Å². The second kappa shape index (κ2) is 9.13. The van der Waals surface area contributed by atoms with Crippen molar-refractivity contribution in [3.63, 3.8) is 0 Å². The van der Waals surface area contributed by atoms with E-state index in [0.717, 1.165) is 18.9 Å². The number of ether oxygens (including phenoxy) is 2. The van der Waals surface area contributed by atoms with Crippen LogP contribution >= 0.6 is 0 Å². The summed E-state index contributed by atoms with van der Waals surface area (Å²) in [6.45, 7) is 2.83. The quantitative estimate of drug-likeness (QED) is 0.618. The summed E-state index contributed by atoms with van der Waals surface area (Å²) in [7, 11) is 0. The van der Waals surface area contributed by atoms with Crippen molar-refractivity contribution in [1.29, 1.82) is 0 Å². The fourth-order valence-corrected chi connectivity index (χ4v) is 2.72. The van der Waals surface area contributed by atoms with Gasteiger partial charge < -0.3 is 18.9 Å². The summed E-state index contributed by atoms with van der Waals surface area (Å²) >= 11 is 0. The second-order valence-corrected chi connectivity index (χ2v) is 6.54. The van der Waals surface area contributed by atoms with Crippen molar-refractivity contribution in [1.82, 2.24) is 25.1 Å². The van der Waals surface area contributed by atoms with Gasteiger partial charge in [-0.2, -0.15) is 18.2 Å². The van der Waals surface area contributed by atoms with Crippen molar-refractivity contribution in [3.05, 3.63) is 42.2 Å². The molecule has 4 rings (SSSR count). The highest BCUT2D eigenvalue weighted by Crippen LogP contribution is 2.28. The molecule has 0 saturated carbocycles. The number of aromatic nitrogens is 5. The molecule has 1 aliphatic heterocycles. The number of anilines is 2. The van der Waals surface area contributed by atoms with E-state index in [9.17, 15) is 18.0 Å². The number of morpholine rings is 1. The minimum absolute atomic E-state index is 0.00968. The largest absolute Gasteiger partial charge is 0.471 e. The van der Waals surface area contributed by atoms with E-state index >= 15 is 0 Å². The molecule has 1 N–H and O–H groups in total. The molecule has 3 aromatic rings. The van der Waals surface area contributed by atoms with Gasteiger partial charge in [-0.05, 0) is 6.07 Å². The molecule has 14 heteroatoms. The van der Waals surface area contributed by atoms with Crippen molar-refractivity contribution < 1.29 is 32.0 Å². The number of hydrogen-bond donors (Lipinski definition) is 1. The van der Waals surface area contributed by atoms with Crippen molar-refractivity contribution in [2.75, 3.05) is 36.5 Å². The Labute approximate surface area is 178 Å². The highest BCUT2D eigenvalue weighted by atomic mass is 19.4. The Bertz CT molecular complexity index is 1050. The molecule has 0 bridgehead atoms. The van der Waals surface area contributed by atoms with E-state index in [2.05, 4.69) is 39.8 Å². The molecule has 0 unspecified atom stereocenters. The zero-order chi connectivity index (χ0) is 22.6. The molecule has 168 valence electrons. The van der Waals surface area contributed by atoms with Gasteiger partial charge >= 0.3 is 18.2 Å². The van der Waals surface area contributed by atoms with Gasteiger partial charge in [-0.3, -0.25) is 5.32 Å².